The van der Waals surface area contributed by atoms with Crippen molar-refractivity contribution in [2.24, 2.45) is 7.05 Å². The van der Waals surface area contributed by atoms with Crippen LogP contribution in [-0.2, 0) is 13.6 Å². The summed E-state index contributed by atoms with van der Waals surface area (Å²) in [5.41, 5.74) is 8.79. The molecule has 6 heteroatoms. The highest BCUT2D eigenvalue weighted by atomic mass is 35.5. The zero-order valence-electron chi connectivity index (χ0n) is 9.84. The van der Waals surface area contributed by atoms with Crippen molar-refractivity contribution in [3.05, 3.63) is 41.2 Å². The standard InChI is InChI=1S/C12H12ClN5/c1-17-9(4-5-15-17)7-18-11-3-2-8(13)6-10(11)16-12(18)14/h2-6H,7H2,1H3,(H2,14,16). The maximum atomic E-state index is 5.95. The van der Waals surface area contributed by atoms with E-state index in [1.165, 1.54) is 0 Å². The van der Waals surface area contributed by atoms with Crippen LogP contribution in [0.2, 0.25) is 5.02 Å². The number of nitrogens with zero attached hydrogens (tertiary/aromatic N) is 4. The first-order valence-electron chi connectivity index (χ1n) is 5.53. The molecule has 0 aliphatic heterocycles. The SMILES string of the molecule is Cn1nccc1Cn1c(N)nc2cc(Cl)ccc21. The summed E-state index contributed by atoms with van der Waals surface area (Å²) in [6.45, 7) is 0.639. The second kappa shape index (κ2) is 4.03. The van der Waals surface area contributed by atoms with Crippen molar-refractivity contribution < 1.29 is 0 Å². The monoisotopic (exact) mass is 261 g/mol. The molecule has 0 unspecified atom stereocenters. The Labute approximate surface area is 109 Å². The zero-order chi connectivity index (χ0) is 12.7. The highest BCUT2D eigenvalue weighted by Gasteiger charge is 2.10. The molecule has 0 aliphatic carbocycles. The summed E-state index contributed by atoms with van der Waals surface area (Å²) in [5, 5.41) is 4.80. The molecule has 0 saturated carbocycles. The van der Waals surface area contributed by atoms with E-state index in [2.05, 4.69) is 10.1 Å². The van der Waals surface area contributed by atoms with E-state index in [0.29, 0.717) is 17.5 Å². The zero-order valence-corrected chi connectivity index (χ0v) is 10.6. The Morgan fingerprint density at radius 3 is 2.89 bits per heavy atom. The van der Waals surface area contributed by atoms with Crippen molar-refractivity contribution in [3.63, 3.8) is 0 Å². The van der Waals surface area contributed by atoms with Crippen molar-refractivity contribution in [2.75, 3.05) is 5.73 Å². The van der Waals surface area contributed by atoms with Crippen LogP contribution < -0.4 is 5.73 Å². The van der Waals surface area contributed by atoms with E-state index in [1.807, 2.05) is 40.6 Å². The lowest BCUT2D eigenvalue weighted by molar-refractivity contribution is 0.678. The molecule has 1 aromatic carbocycles. The fraction of sp³-hybridized carbons (Fsp3) is 0.167. The number of aromatic nitrogens is 4. The number of benzene rings is 1. The Kier molecular flexibility index (Phi) is 2.48. The van der Waals surface area contributed by atoms with Gasteiger partial charge in [0.2, 0.25) is 5.95 Å². The second-order valence-electron chi connectivity index (χ2n) is 4.14. The van der Waals surface area contributed by atoms with Gasteiger partial charge in [0.05, 0.1) is 23.3 Å². The van der Waals surface area contributed by atoms with Crippen LogP contribution in [0.1, 0.15) is 5.69 Å². The van der Waals surface area contributed by atoms with Gasteiger partial charge in [-0.05, 0) is 24.3 Å². The van der Waals surface area contributed by atoms with Crippen molar-refractivity contribution in [2.45, 2.75) is 6.54 Å². The van der Waals surface area contributed by atoms with Gasteiger partial charge in [-0.1, -0.05) is 11.6 Å². The van der Waals surface area contributed by atoms with Crippen LogP contribution in [0.3, 0.4) is 0 Å². The largest absolute Gasteiger partial charge is 0.369 e. The summed E-state index contributed by atoms with van der Waals surface area (Å²) in [7, 11) is 1.90. The first-order valence-corrected chi connectivity index (χ1v) is 5.91. The summed E-state index contributed by atoms with van der Waals surface area (Å²) in [6, 6.07) is 7.54. The first kappa shape index (κ1) is 11.1. The molecule has 0 bridgehead atoms. The predicted octanol–water partition coefficient (Wildman–Crippen LogP) is 2.05. The van der Waals surface area contributed by atoms with Crippen LogP contribution in [-0.4, -0.2) is 19.3 Å². The van der Waals surface area contributed by atoms with E-state index in [1.54, 1.807) is 6.20 Å². The van der Waals surface area contributed by atoms with Gasteiger partial charge in [-0.3, -0.25) is 4.68 Å². The lowest BCUT2D eigenvalue weighted by atomic mass is 10.3. The summed E-state index contributed by atoms with van der Waals surface area (Å²) in [6.07, 6.45) is 1.77. The minimum Gasteiger partial charge on any atom is -0.369 e. The fourth-order valence-corrected chi connectivity index (χ4v) is 2.17. The van der Waals surface area contributed by atoms with Crippen molar-refractivity contribution in [3.8, 4) is 0 Å². The highest BCUT2D eigenvalue weighted by molar-refractivity contribution is 6.31. The van der Waals surface area contributed by atoms with Crippen LogP contribution in [0.15, 0.2) is 30.5 Å². The number of halogens is 1. The Hall–Kier alpha value is -2.01. The first-order chi connectivity index (χ1) is 8.65. The molecular formula is C12H12ClN5. The topological polar surface area (TPSA) is 61.7 Å². The van der Waals surface area contributed by atoms with E-state index in [9.17, 15) is 0 Å². The lowest BCUT2D eigenvalue weighted by Gasteiger charge is -2.06. The van der Waals surface area contributed by atoms with E-state index < -0.39 is 0 Å². The lowest BCUT2D eigenvalue weighted by Crippen LogP contribution is -2.08. The molecule has 18 heavy (non-hydrogen) atoms. The molecule has 2 heterocycles. The molecule has 92 valence electrons. The van der Waals surface area contributed by atoms with Crippen LogP contribution in [0.25, 0.3) is 11.0 Å². The number of anilines is 1. The number of aryl methyl sites for hydroxylation is 1. The molecule has 2 aromatic heterocycles. The number of fused-ring (bicyclic) bond motifs is 1. The third kappa shape index (κ3) is 1.73. The van der Waals surface area contributed by atoms with Gasteiger partial charge in [0.15, 0.2) is 0 Å². The summed E-state index contributed by atoms with van der Waals surface area (Å²) in [5.74, 6) is 0.480. The molecule has 0 aliphatic rings. The maximum Gasteiger partial charge on any atom is 0.201 e. The smallest absolute Gasteiger partial charge is 0.201 e. The van der Waals surface area contributed by atoms with Crippen molar-refractivity contribution in [1.29, 1.82) is 0 Å². The number of hydrogen-bond donors (Lipinski definition) is 1. The predicted molar refractivity (Wildman–Crippen MR) is 71.5 cm³/mol. The fourth-order valence-electron chi connectivity index (χ4n) is 2.01. The molecular weight excluding hydrogens is 250 g/mol. The highest BCUT2D eigenvalue weighted by Crippen LogP contribution is 2.22. The molecule has 0 radical (unpaired) electrons. The third-order valence-corrected chi connectivity index (χ3v) is 3.22. The van der Waals surface area contributed by atoms with Gasteiger partial charge in [0.25, 0.3) is 0 Å². The van der Waals surface area contributed by atoms with Crippen LogP contribution >= 0.6 is 11.6 Å². The Morgan fingerprint density at radius 1 is 1.33 bits per heavy atom. The number of nitrogen functional groups attached to an aromatic ring is 1. The van der Waals surface area contributed by atoms with Gasteiger partial charge < -0.3 is 10.3 Å². The number of imidazole rings is 1. The molecule has 0 saturated heterocycles. The third-order valence-electron chi connectivity index (χ3n) is 2.98. The van der Waals surface area contributed by atoms with Crippen molar-refractivity contribution >= 4 is 28.6 Å². The summed E-state index contributed by atoms with van der Waals surface area (Å²) in [4.78, 5) is 4.31. The van der Waals surface area contributed by atoms with Crippen molar-refractivity contribution in [1.82, 2.24) is 19.3 Å². The molecule has 5 nitrogen and oxygen atoms in total. The Balaban J connectivity index is 2.11. The average molecular weight is 262 g/mol. The number of nitrogens with two attached hydrogens (primary N) is 1. The van der Waals surface area contributed by atoms with Gasteiger partial charge in [0.1, 0.15) is 0 Å². The van der Waals surface area contributed by atoms with Gasteiger partial charge >= 0.3 is 0 Å². The van der Waals surface area contributed by atoms with E-state index >= 15 is 0 Å². The number of rotatable bonds is 2. The summed E-state index contributed by atoms with van der Waals surface area (Å²) < 4.78 is 3.77. The molecule has 3 rings (SSSR count). The van der Waals surface area contributed by atoms with Gasteiger partial charge in [-0.25, -0.2) is 4.98 Å². The minimum atomic E-state index is 0.480. The van der Waals surface area contributed by atoms with Crippen LogP contribution in [0.5, 0.6) is 0 Å². The van der Waals surface area contributed by atoms with Gasteiger partial charge in [0, 0.05) is 18.3 Å². The van der Waals surface area contributed by atoms with E-state index in [-0.39, 0.29) is 0 Å². The Bertz CT molecular complexity index is 712. The van der Waals surface area contributed by atoms with Gasteiger partial charge in [-0.2, -0.15) is 5.10 Å². The van der Waals surface area contributed by atoms with Crippen LogP contribution in [0, 0.1) is 0 Å². The number of hydrogen-bond acceptors (Lipinski definition) is 3. The van der Waals surface area contributed by atoms with E-state index in [4.69, 9.17) is 17.3 Å². The Morgan fingerprint density at radius 2 is 2.17 bits per heavy atom. The molecule has 3 aromatic rings. The summed E-state index contributed by atoms with van der Waals surface area (Å²) >= 11 is 5.94. The quantitative estimate of drug-likeness (QED) is 0.768. The van der Waals surface area contributed by atoms with Gasteiger partial charge in [-0.15, -0.1) is 0 Å². The second-order valence-corrected chi connectivity index (χ2v) is 4.57. The molecule has 2 N–H and O–H groups in total. The minimum absolute atomic E-state index is 0.480. The molecule has 0 atom stereocenters. The molecule has 0 amide bonds. The average Bonchev–Trinajstić information content (AvgIpc) is 2.85. The van der Waals surface area contributed by atoms with E-state index in [0.717, 1.165) is 16.7 Å². The van der Waals surface area contributed by atoms with Crippen LogP contribution in [0.4, 0.5) is 5.95 Å². The molecule has 0 fully saturated rings. The normalized spacial score (nSPS) is 11.2. The molecule has 0 spiro atoms. The maximum absolute atomic E-state index is 5.95.